The summed E-state index contributed by atoms with van der Waals surface area (Å²) in [6.07, 6.45) is 16.6. The Morgan fingerprint density at radius 2 is 1.22 bits per heavy atom. The van der Waals surface area contributed by atoms with Crippen molar-refractivity contribution in [2.45, 2.75) is 48.0 Å². The Labute approximate surface area is 121 Å². The first kappa shape index (κ1) is 14.4. The standard InChI is InChI=1S/C6H12.2C5H5.ClH.Ti/c1-5(2)6(3)4;2*1-2-4-5-3-1;;/h1-4H3;2*1-3H,4H2;1H;. The van der Waals surface area contributed by atoms with Crippen molar-refractivity contribution in [1.29, 1.82) is 0 Å². The molecule has 0 aromatic heterocycles. The molecule has 3 rings (SSSR count). The van der Waals surface area contributed by atoms with E-state index in [0.29, 0.717) is 7.44 Å². The van der Waals surface area contributed by atoms with E-state index in [1.807, 2.05) is 7.76 Å². The van der Waals surface area contributed by atoms with Crippen LogP contribution < -0.4 is 0 Å². The number of hydrogen-bond acceptors (Lipinski definition) is 0. The van der Waals surface area contributed by atoms with Crippen LogP contribution in [0, 0.1) is 0 Å². The van der Waals surface area contributed by atoms with E-state index in [9.17, 15) is 0 Å². The minimum absolute atomic E-state index is 0. The fraction of sp³-hybridized carbons (Fsp3) is 0.500. The van der Waals surface area contributed by atoms with E-state index in [-0.39, 0.29) is 12.4 Å². The third-order valence-corrected chi connectivity index (χ3v) is 17.5. The summed E-state index contributed by atoms with van der Waals surface area (Å²) in [5.41, 5.74) is 0. The van der Waals surface area contributed by atoms with Crippen LogP contribution in [-0.2, 0) is 16.6 Å². The molecule has 18 heavy (non-hydrogen) atoms. The second-order valence-electron chi connectivity index (χ2n) is 6.65. The van der Waals surface area contributed by atoms with E-state index in [2.05, 4.69) is 64.2 Å². The summed E-state index contributed by atoms with van der Waals surface area (Å²) in [7, 11) is 0. The molecule has 0 nitrogen and oxygen atoms in total. The Bertz CT molecular complexity index is 443. The predicted molar refractivity (Wildman–Crippen MR) is 79.0 cm³/mol. The summed E-state index contributed by atoms with van der Waals surface area (Å²) in [5.74, 6) is 0. The van der Waals surface area contributed by atoms with Crippen LogP contribution in [0.3, 0.4) is 0 Å². The van der Waals surface area contributed by atoms with Gasteiger partial charge in [0.1, 0.15) is 0 Å². The van der Waals surface area contributed by atoms with Gasteiger partial charge >= 0.3 is 109 Å². The summed E-state index contributed by atoms with van der Waals surface area (Å²) >= 11 is -2.06. The van der Waals surface area contributed by atoms with Crippen molar-refractivity contribution in [2.24, 2.45) is 0 Å². The zero-order valence-corrected chi connectivity index (χ0v) is 14.2. The number of halogens is 1. The molecule has 98 valence electrons. The van der Waals surface area contributed by atoms with Gasteiger partial charge < -0.3 is 0 Å². The maximum Gasteiger partial charge on any atom is -0.147 e. The van der Waals surface area contributed by atoms with Crippen molar-refractivity contribution in [1.82, 2.24) is 0 Å². The molecule has 1 saturated heterocycles. The quantitative estimate of drug-likeness (QED) is 0.577. The summed E-state index contributed by atoms with van der Waals surface area (Å²) < 4.78 is 4.75. The van der Waals surface area contributed by atoms with Crippen molar-refractivity contribution in [3.05, 3.63) is 44.2 Å². The molecule has 0 bridgehead atoms. The molecule has 3 aliphatic rings. The molecular formula is C16H23ClTi. The second-order valence-corrected chi connectivity index (χ2v) is 14.9. The molecule has 0 unspecified atom stereocenters. The summed E-state index contributed by atoms with van der Waals surface area (Å²) in [4.78, 5) is 0. The first-order valence-corrected chi connectivity index (χ1v) is 9.81. The van der Waals surface area contributed by atoms with Crippen LogP contribution in [0.1, 0.15) is 40.5 Å². The number of hydrogen-bond donors (Lipinski definition) is 0. The topological polar surface area (TPSA) is 0 Å². The molecule has 0 aromatic carbocycles. The van der Waals surface area contributed by atoms with Gasteiger partial charge in [-0.15, -0.1) is 12.4 Å². The Morgan fingerprint density at radius 1 is 0.833 bits per heavy atom. The van der Waals surface area contributed by atoms with Gasteiger partial charge in [-0.25, -0.2) is 0 Å². The SMILES string of the molecule is C[C]1(C)[C](C)(C)[Ti]1([C]1=CC=CC1)[C]1=CC=CC1.Cl. The van der Waals surface area contributed by atoms with Crippen LogP contribution in [0.15, 0.2) is 44.2 Å². The van der Waals surface area contributed by atoms with Crippen molar-refractivity contribution in [3.63, 3.8) is 0 Å². The number of allylic oxidation sites excluding steroid dienone is 8. The van der Waals surface area contributed by atoms with E-state index in [1.165, 1.54) is 12.8 Å². The van der Waals surface area contributed by atoms with E-state index in [1.54, 1.807) is 0 Å². The van der Waals surface area contributed by atoms with Crippen LogP contribution in [0.5, 0.6) is 0 Å². The fourth-order valence-corrected chi connectivity index (χ4v) is 17.5. The molecule has 0 amide bonds. The molecule has 1 fully saturated rings. The molecule has 0 saturated carbocycles. The maximum atomic E-state index is 2.52. The van der Waals surface area contributed by atoms with Crippen molar-refractivity contribution >= 4 is 12.4 Å². The fourth-order valence-electron chi connectivity index (χ4n) is 4.57. The Hall–Kier alpha value is -0.0357. The van der Waals surface area contributed by atoms with E-state index in [0.717, 1.165) is 0 Å². The number of rotatable bonds is 2. The Balaban J connectivity index is 0.00000120. The molecule has 2 aliphatic carbocycles. The first-order valence-electron chi connectivity index (χ1n) is 6.68. The predicted octanol–water partition coefficient (Wildman–Crippen LogP) is 5.66. The Kier molecular flexibility index (Phi) is 3.38. The molecule has 0 spiro atoms. The van der Waals surface area contributed by atoms with Gasteiger partial charge in [0.05, 0.1) is 0 Å². The van der Waals surface area contributed by atoms with Gasteiger partial charge in [0.15, 0.2) is 0 Å². The van der Waals surface area contributed by atoms with Crippen LogP contribution >= 0.6 is 12.4 Å². The van der Waals surface area contributed by atoms with Crippen molar-refractivity contribution in [2.75, 3.05) is 0 Å². The maximum absolute atomic E-state index is 2.52. The van der Waals surface area contributed by atoms with Crippen molar-refractivity contribution < 1.29 is 16.6 Å². The molecule has 1 aliphatic heterocycles. The Morgan fingerprint density at radius 3 is 1.44 bits per heavy atom. The molecule has 2 heteroatoms. The first-order chi connectivity index (χ1) is 7.96. The summed E-state index contributed by atoms with van der Waals surface area (Å²) in [6, 6.07) is 0. The molecule has 1 heterocycles. The van der Waals surface area contributed by atoms with Gasteiger partial charge in [0.25, 0.3) is 0 Å². The molecule has 0 N–H and O–H groups in total. The smallest absolute Gasteiger partial charge is 0.147 e. The zero-order valence-electron chi connectivity index (χ0n) is 11.8. The average molecular weight is 299 g/mol. The van der Waals surface area contributed by atoms with Crippen LogP contribution in [0.25, 0.3) is 0 Å². The van der Waals surface area contributed by atoms with E-state index in [4.69, 9.17) is 0 Å². The minimum atomic E-state index is -2.06. The monoisotopic (exact) mass is 298 g/mol. The molecule has 0 aromatic rings. The van der Waals surface area contributed by atoms with Gasteiger partial charge in [-0.2, -0.15) is 0 Å². The third kappa shape index (κ3) is 1.38. The van der Waals surface area contributed by atoms with E-state index >= 15 is 0 Å². The van der Waals surface area contributed by atoms with Crippen molar-refractivity contribution in [3.8, 4) is 0 Å². The third-order valence-electron chi connectivity index (χ3n) is 5.88. The second kappa shape index (κ2) is 4.23. The van der Waals surface area contributed by atoms with Crippen LogP contribution in [-0.4, -0.2) is 0 Å². The van der Waals surface area contributed by atoms with Gasteiger partial charge in [-0.05, 0) is 0 Å². The van der Waals surface area contributed by atoms with Gasteiger partial charge in [0.2, 0.25) is 0 Å². The van der Waals surface area contributed by atoms with Crippen LogP contribution in [0.2, 0.25) is 7.44 Å². The zero-order chi connectivity index (χ0) is 12.3. The van der Waals surface area contributed by atoms with Gasteiger partial charge in [-0.3, -0.25) is 0 Å². The minimum Gasteiger partial charge on any atom is -0.147 e. The van der Waals surface area contributed by atoms with E-state index < -0.39 is 16.6 Å². The van der Waals surface area contributed by atoms with Gasteiger partial charge in [0, 0.05) is 0 Å². The largest absolute Gasteiger partial charge is 0.147 e. The van der Waals surface area contributed by atoms with Crippen LogP contribution in [0.4, 0.5) is 0 Å². The summed E-state index contributed by atoms with van der Waals surface area (Å²) in [5, 5.41) is 0. The van der Waals surface area contributed by atoms with Gasteiger partial charge in [-0.1, -0.05) is 0 Å². The molecule has 0 radical (unpaired) electrons. The summed E-state index contributed by atoms with van der Waals surface area (Å²) in [6.45, 7) is 10.1. The molecular weight excluding hydrogens is 275 g/mol. The normalized spacial score (nSPS) is 28.7. The average Bonchev–Trinajstić information content (AvgIpc) is 2.81. The molecule has 0 atom stereocenters.